The number of ether oxygens (including phenoxy) is 1. The maximum absolute atomic E-state index is 5.45. The summed E-state index contributed by atoms with van der Waals surface area (Å²) in [6.45, 7) is 6.32. The molecular weight excluding hydrogens is 364 g/mol. The molecule has 2 aromatic rings. The second kappa shape index (κ2) is 8.31. The van der Waals surface area contributed by atoms with Crippen LogP contribution in [0.2, 0.25) is 0 Å². The zero-order valence-corrected chi connectivity index (χ0v) is 16.6. The summed E-state index contributed by atoms with van der Waals surface area (Å²) < 4.78 is 5.45. The van der Waals surface area contributed by atoms with E-state index >= 15 is 0 Å². The van der Waals surface area contributed by atoms with Crippen LogP contribution in [0.4, 0.5) is 23.0 Å². The van der Waals surface area contributed by atoms with E-state index < -0.39 is 0 Å². The van der Waals surface area contributed by atoms with Gasteiger partial charge in [-0.25, -0.2) is 4.98 Å². The Balaban J connectivity index is 1.37. The summed E-state index contributed by atoms with van der Waals surface area (Å²) in [4.78, 5) is 7.27. The Morgan fingerprint density at radius 3 is 2.79 bits per heavy atom. The molecule has 1 aromatic heterocycles. The Labute approximate surface area is 171 Å². The second-order valence-electron chi connectivity index (χ2n) is 7.74. The topological polar surface area (TPSA) is 73.5 Å². The minimum Gasteiger partial charge on any atom is -0.387 e. The molecule has 2 saturated heterocycles. The van der Waals surface area contributed by atoms with E-state index in [1.54, 1.807) is 0 Å². The van der Waals surface area contributed by atoms with E-state index in [1.165, 1.54) is 16.8 Å². The minimum absolute atomic E-state index is 0.437. The minimum atomic E-state index is 0.437. The van der Waals surface area contributed by atoms with Crippen LogP contribution in [-0.4, -0.2) is 50.4 Å². The zero-order chi connectivity index (χ0) is 19.5. The van der Waals surface area contributed by atoms with Gasteiger partial charge < -0.3 is 30.9 Å². The Kier molecular flexibility index (Phi) is 5.23. The molecule has 0 unspecified atom stereocenters. The smallest absolute Gasteiger partial charge is 0.138 e. The van der Waals surface area contributed by atoms with Crippen molar-refractivity contribution in [2.45, 2.75) is 19.0 Å². The van der Waals surface area contributed by atoms with E-state index in [-0.39, 0.29) is 0 Å². The monoisotopic (exact) mass is 392 g/mol. The molecule has 5 rings (SSSR count). The maximum Gasteiger partial charge on any atom is 0.138 e. The van der Waals surface area contributed by atoms with Crippen LogP contribution in [0.5, 0.6) is 0 Å². The SMILES string of the molecule is C1=Cc2cc(N[C@H]3CCNC3)nc(Nc3ccc(N4CCOCC4)cc3)c2CN1. The second-order valence-corrected chi connectivity index (χ2v) is 7.74. The van der Waals surface area contributed by atoms with Gasteiger partial charge in [-0.1, -0.05) is 0 Å². The third-order valence-corrected chi connectivity index (χ3v) is 5.74. The number of pyridine rings is 1. The predicted octanol–water partition coefficient (Wildman–Crippen LogP) is 2.51. The van der Waals surface area contributed by atoms with Gasteiger partial charge in [-0.3, -0.25) is 0 Å². The molecule has 4 N–H and O–H groups in total. The quantitative estimate of drug-likeness (QED) is 0.623. The molecule has 1 aromatic carbocycles. The van der Waals surface area contributed by atoms with Crippen molar-refractivity contribution >= 4 is 29.1 Å². The van der Waals surface area contributed by atoms with Crippen LogP contribution in [0.1, 0.15) is 17.5 Å². The first-order valence-electron chi connectivity index (χ1n) is 10.5. The molecular formula is C22H28N6O. The lowest BCUT2D eigenvalue weighted by atomic mass is 10.1. The van der Waals surface area contributed by atoms with Gasteiger partial charge in [-0.2, -0.15) is 0 Å². The van der Waals surface area contributed by atoms with E-state index in [2.05, 4.69) is 62.6 Å². The van der Waals surface area contributed by atoms with Gasteiger partial charge in [-0.05, 0) is 61.1 Å². The molecule has 0 aliphatic carbocycles. The van der Waals surface area contributed by atoms with Crippen molar-refractivity contribution in [2.75, 3.05) is 54.9 Å². The Morgan fingerprint density at radius 2 is 2.00 bits per heavy atom. The number of nitrogens with one attached hydrogen (secondary N) is 4. The van der Waals surface area contributed by atoms with Gasteiger partial charge in [0.25, 0.3) is 0 Å². The summed E-state index contributed by atoms with van der Waals surface area (Å²) in [6.07, 6.45) is 5.25. The number of hydrogen-bond acceptors (Lipinski definition) is 7. The van der Waals surface area contributed by atoms with Gasteiger partial charge in [0, 0.05) is 49.2 Å². The van der Waals surface area contributed by atoms with Crippen LogP contribution >= 0.6 is 0 Å². The third kappa shape index (κ3) is 4.16. The first-order valence-corrected chi connectivity index (χ1v) is 10.5. The molecule has 4 heterocycles. The van der Waals surface area contributed by atoms with Gasteiger partial charge in [0.1, 0.15) is 11.6 Å². The summed E-state index contributed by atoms with van der Waals surface area (Å²) in [5, 5.41) is 13.8. The lowest BCUT2D eigenvalue weighted by molar-refractivity contribution is 0.122. The van der Waals surface area contributed by atoms with Gasteiger partial charge in [0.2, 0.25) is 0 Å². The fraction of sp³-hybridized carbons (Fsp3) is 0.409. The Morgan fingerprint density at radius 1 is 1.14 bits per heavy atom. The largest absolute Gasteiger partial charge is 0.387 e. The van der Waals surface area contributed by atoms with Crippen molar-refractivity contribution in [2.24, 2.45) is 0 Å². The number of nitrogens with zero attached hydrogens (tertiary/aromatic N) is 2. The van der Waals surface area contributed by atoms with Gasteiger partial charge >= 0.3 is 0 Å². The molecule has 152 valence electrons. The van der Waals surface area contributed by atoms with Crippen LogP contribution in [-0.2, 0) is 11.3 Å². The van der Waals surface area contributed by atoms with Gasteiger partial charge in [0.05, 0.1) is 13.2 Å². The van der Waals surface area contributed by atoms with Crippen LogP contribution in [0.3, 0.4) is 0 Å². The molecule has 7 heteroatoms. The third-order valence-electron chi connectivity index (χ3n) is 5.74. The zero-order valence-electron chi connectivity index (χ0n) is 16.6. The predicted molar refractivity (Wildman–Crippen MR) is 118 cm³/mol. The molecule has 0 saturated carbocycles. The number of anilines is 4. The summed E-state index contributed by atoms with van der Waals surface area (Å²) in [5.74, 6) is 1.84. The van der Waals surface area contributed by atoms with E-state index in [9.17, 15) is 0 Å². The van der Waals surface area contributed by atoms with Crippen molar-refractivity contribution in [1.82, 2.24) is 15.6 Å². The number of fused-ring (bicyclic) bond motifs is 1. The number of hydrogen-bond donors (Lipinski definition) is 4. The molecule has 0 radical (unpaired) electrons. The molecule has 1 atom stereocenters. The first kappa shape index (κ1) is 18.3. The average Bonchev–Trinajstić information content (AvgIpc) is 3.28. The fourth-order valence-corrected chi connectivity index (χ4v) is 4.11. The molecule has 0 amide bonds. The van der Waals surface area contributed by atoms with E-state index in [4.69, 9.17) is 9.72 Å². The molecule has 2 fully saturated rings. The van der Waals surface area contributed by atoms with E-state index in [0.717, 1.165) is 69.7 Å². The highest BCUT2D eigenvalue weighted by atomic mass is 16.5. The van der Waals surface area contributed by atoms with Gasteiger partial charge in [0.15, 0.2) is 0 Å². The molecule has 3 aliphatic rings. The summed E-state index contributed by atoms with van der Waals surface area (Å²) in [5.41, 5.74) is 4.69. The molecule has 29 heavy (non-hydrogen) atoms. The summed E-state index contributed by atoms with van der Waals surface area (Å²) >= 11 is 0. The van der Waals surface area contributed by atoms with Crippen molar-refractivity contribution in [3.8, 4) is 0 Å². The first-order chi connectivity index (χ1) is 14.3. The lowest BCUT2D eigenvalue weighted by Gasteiger charge is -2.29. The van der Waals surface area contributed by atoms with E-state index in [1.807, 2.05) is 6.20 Å². The highest BCUT2D eigenvalue weighted by molar-refractivity contribution is 5.71. The highest BCUT2D eigenvalue weighted by Crippen LogP contribution is 2.29. The number of rotatable bonds is 5. The number of aromatic nitrogens is 1. The van der Waals surface area contributed by atoms with Crippen molar-refractivity contribution in [1.29, 1.82) is 0 Å². The molecule has 0 spiro atoms. The average molecular weight is 393 g/mol. The lowest BCUT2D eigenvalue weighted by Crippen LogP contribution is -2.36. The molecule has 7 nitrogen and oxygen atoms in total. The Hall–Kier alpha value is -2.77. The highest BCUT2D eigenvalue weighted by Gasteiger charge is 2.18. The number of morpholine rings is 1. The van der Waals surface area contributed by atoms with Crippen LogP contribution in [0.25, 0.3) is 6.08 Å². The maximum atomic E-state index is 5.45. The van der Waals surface area contributed by atoms with E-state index in [0.29, 0.717) is 6.04 Å². The van der Waals surface area contributed by atoms with Crippen molar-refractivity contribution in [3.05, 3.63) is 47.7 Å². The Bertz CT molecular complexity index is 870. The van der Waals surface area contributed by atoms with Crippen molar-refractivity contribution in [3.63, 3.8) is 0 Å². The number of benzene rings is 1. The van der Waals surface area contributed by atoms with Crippen molar-refractivity contribution < 1.29 is 4.74 Å². The summed E-state index contributed by atoms with van der Waals surface area (Å²) in [7, 11) is 0. The van der Waals surface area contributed by atoms with Crippen LogP contribution in [0, 0.1) is 0 Å². The van der Waals surface area contributed by atoms with Crippen LogP contribution < -0.4 is 26.2 Å². The molecule has 3 aliphatic heterocycles. The van der Waals surface area contributed by atoms with Crippen LogP contribution in [0.15, 0.2) is 36.5 Å². The van der Waals surface area contributed by atoms with Gasteiger partial charge in [-0.15, -0.1) is 0 Å². The fourth-order valence-electron chi connectivity index (χ4n) is 4.11. The normalized spacial score (nSPS) is 20.8. The molecule has 0 bridgehead atoms. The standard InChI is InChI=1S/C22H28N6O/c1-3-19(28-9-11-29-12-10-28)4-2-17(1)26-22-20-15-24-7-5-16(20)13-21(27-22)25-18-6-8-23-14-18/h1-5,7,13,18,23-24H,6,8-12,14-15H2,(H2,25,26,27)/t18-/m0/s1. The summed E-state index contributed by atoms with van der Waals surface area (Å²) in [6, 6.07) is 11.2.